The fourth-order valence-corrected chi connectivity index (χ4v) is 4.82. The third-order valence-electron chi connectivity index (χ3n) is 5.11. The summed E-state index contributed by atoms with van der Waals surface area (Å²) in [5.41, 5.74) is 2.26. The number of nitrogens with one attached hydrogen (secondary N) is 1. The first-order valence-electron chi connectivity index (χ1n) is 9.43. The molecule has 0 saturated heterocycles. The van der Waals surface area contributed by atoms with Crippen LogP contribution in [0.15, 0.2) is 35.2 Å². The van der Waals surface area contributed by atoms with Crippen LogP contribution in [0.3, 0.4) is 0 Å². The smallest absolute Gasteiger partial charge is 0.240 e. The largest absolute Gasteiger partial charge is 0.493 e. The van der Waals surface area contributed by atoms with Crippen LogP contribution in [0.5, 0.6) is 17.2 Å². The molecule has 162 valence electrons. The second-order valence-corrected chi connectivity index (χ2v) is 8.86. The van der Waals surface area contributed by atoms with Crippen LogP contribution in [0, 0.1) is 0 Å². The van der Waals surface area contributed by atoms with Crippen LogP contribution >= 0.6 is 0 Å². The second kappa shape index (κ2) is 8.53. The molecule has 0 aliphatic carbocycles. The van der Waals surface area contributed by atoms with Crippen LogP contribution in [-0.4, -0.2) is 41.7 Å². The normalized spacial score (nSPS) is 15.6. The van der Waals surface area contributed by atoms with Gasteiger partial charge in [0.05, 0.1) is 26.2 Å². The molecule has 30 heavy (non-hydrogen) atoms. The van der Waals surface area contributed by atoms with E-state index in [-0.39, 0.29) is 23.4 Å². The van der Waals surface area contributed by atoms with E-state index in [2.05, 4.69) is 4.72 Å². The summed E-state index contributed by atoms with van der Waals surface area (Å²) in [6.45, 7) is 3.50. The third kappa shape index (κ3) is 4.08. The van der Waals surface area contributed by atoms with E-state index in [0.717, 1.165) is 11.3 Å². The molecule has 1 aliphatic rings. The number of sulfonamides is 1. The van der Waals surface area contributed by atoms with Gasteiger partial charge < -0.3 is 19.1 Å². The highest BCUT2D eigenvalue weighted by Gasteiger charge is 2.30. The van der Waals surface area contributed by atoms with E-state index >= 15 is 0 Å². The molecule has 0 radical (unpaired) electrons. The van der Waals surface area contributed by atoms with Gasteiger partial charge in [0.15, 0.2) is 11.5 Å². The zero-order valence-electron chi connectivity index (χ0n) is 17.7. The Hall–Kier alpha value is -2.78. The molecule has 0 bridgehead atoms. The van der Waals surface area contributed by atoms with Crippen molar-refractivity contribution in [2.75, 3.05) is 26.2 Å². The Balaban J connectivity index is 1.83. The number of anilines is 1. The Kier molecular flexibility index (Phi) is 6.23. The van der Waals surface area contributed by atoms with Crippen LogP contribution in [-0.2, 0) is 27.8 Å². The highest BCUT2D eigenvalue weighted by Crippen LogP contribution is 2.38. The standard InChI is InChI=1S/C21H26N2O6S/c1-13-8-16-11-17(6-7-18(16)23(13)14(2)24)30(25,26)22-12-15-9-19(27-3)21(29-5)20(10-15)28-4/h6-7,9-11,13,22H,8,12H2,1-5H3/t13-/m1/s1. The van der Waals surface area contributed by atoms with Gasteiger partial charge in [-0.2, -0.15) is 0 Å². The molecule has 1 N–H and O–H groups in total. The van der Waals surface area contributed by atoms with Crippen molar-refractivity contribution in [3.8, 4) is 17.2 Å². The van der Waals surface area contributed by atoms with Crippen LogP contribution in [0.4, 0.5) is 5.69 Å². The van der Waals surface area contributed by atoms with Crippen LogP contribution in [0.2, 0.25) is 0 Å². The summed E-state index contributed by atoms with van der Waals surface area (Å²) in [5, 5.41) is 0. The summed E-state index contributed by atoms with van der Waals surface area (Å²) in [4.78, 5) is 13.7. The van der Waals surface area contributed by atoms with Gasteiger partial charge in [-0.1, -0.05) is 0 Å². The number of carbonyl (C=O) groups is 1. The number of ether oxygens (including phenoxy) is 3. The lowest BCUT2D eigenvalue weighted by Crippen LogP contribution is -2.33. The fourth-order valence-electron chi connectivity index (χ4n) is 3.75. The lowest BCUT2D eigenvalue weighted by molar-refractivity contribution is -0.116. The molecule has 2 aromatic rings. The van der Waals surface area contributed by atoms with Crippen LogP contribution in [0.25, 0.3) is 0 Å². The molecule has 0 saturated carbocycles. The zero-order chi connectivity index (χ0) is 22.1. The third-order valence-corrected chi connectivity index (χ3v) is 6.51. The first kappa shape index (κ1) is 21.9. The Morgan fingerprint density at radius 3 is 2.27 bits per heavy atom. The fraction of sp³-hybridized carbons (Fsp3) is 0.381. The summed E-state index contributed by atoms with van der Waals surface area (Å²) < 4.78 is 44.2. The molecular formula is C21H26N2O6S. The van der Waals surface area contributed by atoms with Gasteiger partial charge in [0.1, 0.15) is 0 Å². The number of hydrogen-bond acceptors (Lipinski definition) is 6. The summed E-state index contributed by atoms with van der Waals surface area (Å²) in [7, 11) is 0.750. The number of amides is 1. The molecule has 1 aliphatic heterocycles. The quantitative estimate of drug-likeness (QED) is 0.720. The number of rotatable bonds is 7. The highest BCUT2D eigenvalue weighted by molar-refractivity contribution is 7.89. The predicted octanol–water partition coefficient (Wildman–Crippen LogP) is 2.49. The van der Waals surface area contributed by atoms with Crippen LogP contribution < -0.4 is 23.8 Å². The summed E-state index contributed by atoms with van der Waals surface area (Å²) in [5.74, 6) is 1.27. The van der Waals surface area contributed by atoms with Gasteiger partial charge in [0.2, 0.25) is 21.7 Å². The maximum Gasteiger partial charge on any atom is 0.240 e. The molecule has 9 heteroatoms. The Bertz CT molecular complexity index is 1040. The second-order valence-electron chi connectivity index (χ2n) is 7.09. The number of benzene rings is 2. The minimum absolute atomic E-state index is 0.00245. The van der Waals surface area contributed by atoms with E-state index in [9.17, 15) is 13.2 Å². The molecule has 2 aromatic carbocycles. The SMILES string of the molecule is COc1cc(CNS(=O)(=O)c2ccc3c(c2)C[C@@H](C)N3C(C)=O)cc(OC)c1OC. The lowest BCUT2D eigenvalue weighted by atomic mass is 10.1. The predicted molar refractivity (Wildman–Crippen MR) is 113 cm³/mol. The van der Waals surface area contributed by atoms with E-state index < -0.39 is 10.0 Å². The van der Waals surface area contributed by atoms with E-state index in [1.54, 1.807) is 29.2 Å². The minimum atomic E-state index is -3.76. The average molecular weight is 435 g/mol. The molecular weight excluding hydrogens is 408 g/mol. The van der Waals surface area contributed by atoms with Gasteiger partial charge in [-0.15, -0.1) is 0 Å². The van der Waals surface area contributed by atoms with Gasteiger partial charge in [-0.25, -0.2) is 13.1 Å². The minimum Gasteiger partial charge on any atom is -0.493 e. The van der Waals surface area contributed by atoms with Gasteiger partial charge in [0.25, 0.3) is 0 Å². The molecule has 0 aromatic heterocycles. The van der Waals surface area contributed by atoms with Crippen molar-refractivity contribution in [2.45, 2.75) is 37.8 Å². The van der Waals surface area contributed by atoms with E-state index in [1.165, 1.54) is 34.3 Å². The van der Waals surface area contributed by atoms with Gasteiger partial charge in [-0.05, 0) is 54.8 Å². The van der Waals surface area contributed by atoms with Gasteiger partial charge in [0, 0.05) is 25.2 Å². The molecule has 8 nitrogen and oxygen atoms in total. The van der Waals surface area contributed by atoms with Crippen molar-refractivity contribution >= 4 is 21.6 Å². The summed E-state index contributed by atoms with van der Waals surface area (Å²) >= 11 is 0. The number of hydrogen-bond donors (Lipinski definition) is 1. The molecule has 0 spiro atoms. The summed E-state index contributed by atoms with van der Waals surface area (Å²) in [6, 6.07) is 8.23. The van der Waals surface area contributed by atoms with E-state index in [1.807, 2.05) is 6.92 Å². The van der Waals surface area contributed by atoms with E-state index in [4.69, 9.17) is 14.2 Å². The maximum absolute atomic E-state index is 12.9. The first-order chi connectivity index (χ1) is 14.2. The van der Waals surface area contributed by atoms with Gasteiger partial charge in [-0.3, -0.25) is 4.79 Å². The number of carbonyl (C=O) groups excluding carboxylic acids is 1. The molecule has 1 atom stereocenters. The number of nitrogens with zero attached hydrogens (tertiary/aromatic N) is 1. The zero-order valence-corrected chi connectivity index (χ0v) is 18.5. The first-order valence-corrected chi connectivity index (χ1v) is 10.9. The van der Waals surface area contributed by atoms with Gasteiger partial charge >= 0.3 is 0 Å². The van der Waals surface area contributed by atoms with Crippen molar-refractivity contribution in [3.05, 3.63) is 41.5 Å². The Labute approximate surface area is 176 Å². The average Bonchev–Trinajstić information content (AvgIpc) is 3.06. The monoisotopic (exact) mass is 434 g/mol. The van der Waals surface area contributed by atoms with Crippen molar-refractivity contribution in [2.24, 2.45) is 0 Å². The Morgan fingerprint density at radius 2 is 1.73 bits per heavy atom. The summed E-state index contributed by atoms with van der Waals surface area (Å²) in [6.07, 6.45) is 0.616. The topological polar surface area (TPSA) is 94.2 Å². The molecule has 1 amide bonds. The molecule has 0 fully saturated rings. The van der Waals surface area contributed by atoms with Crippen molar-refractivity contribution in [1.82, 2.24) is 4.72 Å². The van der Waals surface area contributed by atoms with Crippen molar-refractivity contribution in [1.29, 1.82) is 0 Å². The van der Waals surface area contributed by atoms with Crippen molar-refractivity contribution < 1.29 is 27.4 Å². The van der Waals surface area contributed by atoms with Crippen LogP contribution in [0.1, 0.15) is 25.0 Å². The highest BCUT2D eigenvalue weighted by atomic mass is 32.2. The number of fused-ring (bicyclic) bond motifs is 1. The Morgan fingerprint density at radius 1 is 1.10 bits per heavy atom. The maximum atomic E-state index is 12.9. The molecule has 1 heterocycles. The number of methoxy groups -OCH3 is 3. The lowest BCUT2D eigenvalue weighted by Gasteiger charge is -2.20. The molecule has 3 rings (SSSR count). The van der Waals surface area contributed by atoms with Crippen molar-refractivity contribution in [3.63, 3.8) is 0 Å². The molecule has 0 unspecified atom stereocenters. The van der Waals surface area contributed by atoms with E-state index in [0.29, 0.717) is 29.2 Å².